The first-order chi connectivity index (χ1) is 11.5. The molecule has 1 aliphatic heterocycles. The van der Waals surface area contributed by atoms with E-state index in [4.69, 9.17) is 15.3 Å². The number of nitrogens with one attached hydrogen (secondary N) is 1. The van der Waals surface area contributed by atoms with Crippen molar-refractivity contribution in [2.24, 2.45) is 0 Å². The molecule has 24 heavy (non-hydrogen) atoms. The molecule has 1 aromatic carbocycles. The average Bonchev–Trinajstić information content (AvgIpc) is 2.85. The molecule has 0 saturated heterocycles. The lowest BCUT2D eigenvalue weighted by Gasteiger charge is -2.28. The maximum absolute atomic E-state index is 12.2. The van der Waals surface area contributed by atoms with Gasteiger partial charge in [0.25, 0.3) is 11.8 Å². The molecular weight excluding hydrogens is 316 g/mol. The molecule has 2 rings (SSSR count). The Morgan fingerprint density at radius 2 is 1.50 bits per heavy atom. The standard InChI is InChI=1S/C16H20N2O6/c19-8-16(9-20,10-21)17-13(22)6-3-7-18-14(23)11-4-1-2-5-12(11)15(18)24/h1-2,4-5,19-21H,3,6-10H2,(H,17,22). The number of hydrogen-bond donors (Lipinski definition) is 4. The normalized spacial score (nSPS) is 14.0. The molecule has 0 aromatic heterocycles. The summed E-state index contributed by atoms with van der Waals surface area (Å²) in [5.41, 5.74) is -0.773. The van der Waals surface area contributed by atoms with E-state index in [-0.39, 0.29) is 31.2 Å². The zero-order valence-corrected chi connectivity index (χ0v) is 13.1. The molecule has 0 radical (unpaired) electrons. The first-order valence-corrected chi connectivity index (χ1v) is 7.57. The molecule has 130 valence electrons. The lowest BCUT2D eigenvalue weighted by Crippen LogP contribution is -2.57. The van der Waals surface area contributed by atoms with Crippen LogP contribution in [0.1, 0.15) is 33.6 Å². The van der Waals surface area contributed by atoms with Crippen LogP contribution in [0.5, 0.6) is 0 Å². The molecule has 1 heterocycles. The van der Waals surface area contributed by atoms with E-state index < -0.39 is 31.3 Å². The summed E-state index contributed by atoms with van der Waals surface area (Å²) in [6.07, 6.45) is 0.213. The molecule has 0 atom stereocenters. The highest BCUT2D eigenvalue weighted by molar-refractivity contribution is 6.21. The van der Waals surface area contributed by atoms with Crippen LogP contribution in [0.4, 0.5) is 0 Å². The summed E-state index contributed by atoms with van der Waals surface area (Å²) in [6, 6.07) is 6.53. The second-order valence-corrected chi connectivity index (χ2v) is 5.71. The number of imide groups is 1. The van der Waals surface area contributed by atoms with Gasteiger partial charge < -0.3 is 20.6 Å². The van der Waals surface area contributed by atoms with Gasteiger partial charge >= 0.3 is 0 Å². The second kappa shape index (κ2) is 7.52. The minimum absolute atomic E-state index is 0.0187. The van der Waals surface area contributed by atoms with Crippen molar-refractivity contribution >= 4 is 17.7 Å². The molecule has 0 spiro atoms. The van der Waals surface area contributed by atoms with E-state index >= 15 is 0 Å². The topological polar surface area (TPSA) is 127 Å². The summed E-state index contributed by atoms with van der Waals surface area (Å²) in [7, 11) is 0. The fraction of sp³-hybridized carbons (Fsp3) is 0.438. The van der Waals surface area contributed by atoms with Crippen LogP contribution in [0.15, 0.2) is 24.3 Å². The van der Waals surface area contributed by atoms with Gasteiger partial charge in [0.05, 0.1) is 30.9 Å². The Bertz CT molecular complexity index is 598. The predicted octanol–water partition coefficient (Wildman–Crippen LogP) is -1.11. The quantitative estimate of drug-likeness (QED) is 0.446. The number of benzene rings is 1. The maximum Gasteiger partial charge on any atom is 0.261 e. The van der Waals surface area contributed by atoms with E-state index in [0.717, 1.165) is 4.90 Å². The van der Waals surface area contributed by atoms with E-state index in [9.17, 15) is 14.4 Å². The number of aliphatic hydroxyl groups is 3. The fourth-order valence-corrected chi connectivity index (χ4v) is 2.47. The first kappa shape index (κ1) is 18.1. The number of carbonyl (C=O) groups excluding carboxylic acids is 3. The molecule has 0 bridgehead atoms. The largest absolute Gasteiger partial charge is 0.394 e. The van der Waals surface area contributed by atoms with Crippen molar-refractivity contribution in [3.05, 3.63) is 35.4 Å². The van der Waals surface area contributed by atoms with Crippen LogP contribution in [0, 0.1) is 0 Å². The van der Waals surface area contributed by atoms with Crippen molar-refractivity contribution < 1.29 is 29.7 Å². The monoisotopic (exact) mass is 336 g/mol. The van der Waals surface area contributed by atoms with Gasteiger partial charge in [0, 0.05) is 13.0 Å². The number of carbonyl (C=O) groups is 3. The third kappa shape index (κ3) is 3.45. The van der Waals surface area contributed by atoms with Crippen molar-refractivity contribution in [1.82, 2.24) is 10.2 Å². The van der Waals surface area contributed by atoms with Crippen LogP contribution in [0.25, 0.3) is 0 Å². The van der Waals surface area contributed by atoms with Gasteiger partial charge in [-0.05, 0) is 18.6 Å². The average molecular weight is 336 g/mol. The number of rotatable bonds is 8. The molecule has 0 unspecified atom stereocenters. The van der Waals surface area contributed by atoms with Crippen molar-refractivity contribution in [3.63, 3.8) is 0 Å². The zero-order chi connectivity index (χ0) is 17.7. The van der Waals surface area contributed by atoms with Gasteiger partial charge in [-0.25, -0.2) is 0 Å². The van der Waals surface area contributed by atoms with E-state index in [1.807, 2.05) is 0 Å². The second-order valence-electron chi connectivity index (χ2n) is 5.71. The Morgan fingerprint density at radius 3 is 1.96 bits per heavy atom. The summed E-state index contributed by atoms with van der Waals surface area (Å²) in [5.74, 6) is -1.26. The first-order valence-electron chi connectivity index (χ1n) is 7.57. The summed E-state index contributed by atoms with van der Waals surface area (Å²) in [5, 5.41) is 29.8. The third-order valence-corrected chi connectivity index (χ3v) is 3.98. The predicted molar refractivity (Wildman–Crippen MR) is 83.2 cm³/mol. The molecule has 4 N–H and O–H groups in total. The third-order valence-electron chi connectivity index (χ3n) is 3.98. The molecular formula is C16H20N2O6. The van der Waals surface area contributed by atoms with Crippen LogP contribution in [0.2, 0.25) is 0 Å². The van der Waals surface area contributed by atoms with Crippen molar-refractivity contribution in [1.29, 1.82) is 0 Å². The Kier molecular flexibility index (Phi) is 5.66. The van der Waals surface area contributed by atoms with Crippen LogP contribution >= 0.6 is 0 Å². The highest BCUT2D eigenvalue weighted by Gasteiger charge is 2.35. The highest BCUT2D eigenvalue weighted by atomic mass is 16.3. The zero-order valence-electron chi connectivity index (χ0n) is 13.1. The SMILES string of the molecule is O=C(CCCN1C(=O)c2ccccc2C1=O)NC(CO)(CO)CO. The van der Waals surface area contributed by atoms with Gasteiger partial charge in [-0.3, -0.25) is 19.3 Å². The number of amides is 3. The van der Waals surface area contributed by atoms with Crippen LogP contribution in [0.3, 0.4) is 0 Å². The molecule has 1 aromatic rings. The van der Waals surface area contributed by atoms with Crippen LogP contribution in [-0.4, -0.2) is 69.8 Å². The number of aliphatic hydroxyl groups excluding tert-OH is 3. The maximum atomic E-state index is 12.2. The molecule has 0 saturated carbocycles. The van der Waals surface area contributed by atoms with E-state index in [1.54, 1.807) is 24.3 Å². The van der Waals surface area contributed by atoms with Crippen LogP contribution in [-0.2, 0) is 4.79 Å². The van der Waals surface area contributed by atoms with Crippen molar-refractivity contribution in [3.8, 4) is 0 Å². The minimum atomic E-state index is -1.48. The fourth-order valence-electron chi connectivity index (χ4n) is 2.47. The van der Waals surface area contributed by atoms with E-state index in [0.29, 0.717) is 11.1 Å². The Balaban J connectivity index is 1.88. The van der Waals surface area contributed by atoms with Gasteiger partial charge in [-0.1, -0.05) is 12.1 Å². The Hall–Kier alpha value is -2.29. The summed E-state index contributed by atoms with van der Waals surface area (Å²) < 4.78 is 0. The minimum Gasteiger partial charge on any atom is -0.394 e. The molecule has 8 nitrogen and oxygen atoms in total. The summed E-state index contributed by atoms with van der Waals surface area (Å²) in [4.78, 5) is 37.3. The molecule has 3 amide bonds. The van der Waals surface area contributed by atoms with Crippen LogP contribution < -0.4 is 5.32 Å². The summed E-state index contributed by atoms with van der Waals surface area (Å²) in [6.45, 7) is -1.73. The van der Waals surface area contributed by atoms with Gasteiger partial charge in [-0.2, -0.15) is 0 Å². The van der Waals surface area contributed by atoms with E-state index in [1.165, 1.54) is 0 Å². The van der Waals surface area contributed by atoms with Gasteiger partial charge in [0.2, 0.25) is 5.91 Å². The lowest BCUT2D eigenvalue weighted by atomic mass is 10.0. The Labute approximate surface area is 138 Å². The van der Waals surface area contributed by atoms with E-state index in [2.05, 4.69) is 5.32 Å². The number of fused-ring (bicyclic) bond motifs is 1. The number of nitrogens with zero attached hydrogens (tertiary/aromatic N) is 1. The van der Waals surface area contributed by atoms with Crippen molar-refractivity contribution in [2.45, 2.75) is 18.4 Å². The van der Waals surface area contributed by atoms with Gasteiger partial charge in [0.15, 0.2) is 0 Å². The molecule has 8 heteroatoms. The lowest BCUT2D eigenvalue weighted by molar-refractivity contribution is -0.125. The van der Waals surface area contributed by atoms with Gasteiger partial charge in [0.1, 0.15) is 5.54 Å². The van der Waals surface area contributed by atoms with Gasteiger partial charge in [-0.15, -0.1) is 0 Å². The molecule has 0 fully saturated rings. The smallest absolute Gasteiger partial charge is 0.261 e. The highest BCUT2D eigenvalue weighted by Crippen LogP contribution is 2.22. The van der Waals surface area contributed by atoms with Crippen molar-refractivity contribution in [2.75, 3.05) is 26.4 Å². The molecule has 1 aliphatic rings. The Morgan fingerprint density at radius 1 is 1.00 bits per heavy atom. The number of hydrogen-bond acceptors (Lipinski definition) is 6. The molecule has 0 aliphatic carbocycles. The summed E-state index contributed by atoms with van der Waals surface area (Å²) >= 11 is 0.